The lowest BCUT2D eigenvalue weighted by Gasteiger charge is -2.47. The van der Waals surface area contributed by atoms with Gasteiger partial charge in [0.2, 0.25) is 5.91 Å². The highest BCUT2D eigenvalue weighted by Gasteiger charge is 2.42. The minimum absolute atomic E-state index is 0.0192. The SMILES string of the molecule is CCCNC(=O)CNC1(CO)CC(C)CC(C)(C)C1. The maximum Gasteiger partial charge on any atom is 0.233 e. The van der Waals surface area contributed by atoms with E-state index in [-0.39, 0.29) is 23.5 Å². The van der Waals surface area contributed by atoms with E-state index >= 15 is 0 Å². The van der Waals surface area contributed by atoms with Crippen molar-refractivity contribution < 1.29 is 9.90 Å². The van der Waals surface area contributed by atoms with Crippen molar-refractivity contribution in [2.45, 2.75) is 58.9 Å². The van der Waals surface area contributed by atoms with E-state index in [4.69, 9.17) is 0 Å². The third-order valence-corrected chi connectivity index (χ3v) is 3.96. The molecule has 1 amide bonds. The number of hydrogen-bond acceptors (Lipinski definition) is 3. The van der Waals surface area contributed by atoms with Gasteiger partial charge in [0, 0.05) is 12.1 Å². The van der Waals surface area contributed by atoms with E-state index in [1.807, 2.05) is 6.92 Å². The van der Waals surface area contributed by atoms with Gasteiger partial charge in [-0.1, -0.05) is 27.7 Å². The van der Waals surface area contributed by atoms with Crippen LogP contribution in [0.15, 0.2) is 0 Å². The van der Waals surface area contributed by atoms with Crippen LogP contribution in [0.25, 0.3) is 0 Å². The van der Waals surface area contributed by atoms with Crippen LogP contribution in [0.3, 0.4) is 0 Å². The quantitative estimate of drug-likeness (QED) is 0.688. The van der Waals surface area contributed by atoms with E-state index in [0.717, 1.165) is 19.3 Å². The summed E-state index contributed by atoms with van der Waals surface area (Å²) >= 11 is 0. The van der Waals surface area contributed by atoms with Crippen molar-refractivity contribution in [1.82, 2.24) is 10.6 Å². The van der Waals surface area contributed by atoms with Crippen LogP contribution in [0.2, 0.25) is 0 Å². The second kappa shape index (κ2) is 6.71. The third kappa shape index (κ3) is 5.11. The predicted octanol–water partition coefficient (Wildman–Crippen LogP) is 1.68. The third-order valence-electron chi connectivity index (χ3n) is 3.96. The van der Waals surface area contributed by atoms with Gasteiger partial charge < -0.3 is 15.7 Å². The first-order valence-corrected chi connectivity index (χ1v) is 7.45. The smallest absolute Gasteiger partial charge is 0.233 e. The van der Waals surface area contributed by atoms with Gasteiger partial charge in [-0.2, -0.15) is 0 Å². The van der Waals surface area contributed by atoms with Crippen LogP contribution < -0.4 is 10.6 Å². The van der Waals surface area contributed by atoms with Gasteiger partial charge in [-0.25, -0.2) is 0 Å². The Kier molecular flexibility index (Phi) is 5.81. The van der Waals surface area contributed by atoms with Crippen LogP contribution in [-0.4, -0.2) is 36.2 Å². The minimum atomic E-state index is -0.301. The number of aliphatic hydroxyl groups excluding tert-OH is 1. The highest BCUT2D eigenvalue weighted by Crippen LogP contribution is 2.43. The molecule has 19 heavy (non-hydrogen) atoms. The summed E-state index contributed by atoms with van der Waals surface area (Å²) in [6.07, 6.45) is 3.98. The van der Waals surface area contributed by atoms with E-state index in [9.17, 15) is 9.90 Å². The molecule has 112 valence electrons. The summed E-state index contributed by atoms with van der Waals surface area (Å²) < 4.78 is 0. The predicted molar refractivity (Wildman–Crippen MR) is 77.9 cm³/mol. The van der Waals surface area contributed by atoms with Crippen molar-refractivity contribution in [2.24, 2.45) is 11.3 Å². The lowest BCUT2D eigenvalue weighted by atomic mass is 9.64. The maximum atomic E-state index is 11.7. The Balaban J connectivity index is 2.57. The molecule has 0 spiro atoms. The average molecular weight is 270 g/mol. The molecule has 1 aliphatic carbocycles. The molecule has 3 N–H and O–H groups in total. The van der Waals surface area contributed by atoms with Crippen LogP contribution in [0, 0.1) is 11.3 Å². The summed E-state index contributed by atoms with van der Waals surface area (Å²) in [5.41, 5.74) is -0.0853. The van der Waals surface area contributed by atoms with E-state index in [2.05, 4.69) is 31.4 Å². The summed E-state index contributed by atoms with van der Waals surface area (Å²) in [6.45, 7) is 9.86. The van der Waals surface area contributed by atoms with E-state index in [1.165, 1.54) is 6.42 Å². The number of aliphatic hydroxyl groups is 1. The molecule has 4 heteroatoms. The first-order valence-electron chi connectivity index (χ1n) is 7.45. The lowest BCUT2D eigenvalue weighted by Crippen LogP contribution is -2.57. The van der Waals surface area contributed by atoms with E-state index < -0.39 is 0 Å². The number of rotatable bonds is 6. The van der Waals surface area contributed by atoms with E-state index in [0.29, 0.717) is 19.0 Å². The molecule has 0 bridgehead atoms. The highest BCUT2D eigenvalue weighted by atomic mass is 16.3. The van der Waals surface area contributed by atoms with Crippen LogP contribution in [0.4, 0.5) is 0 Å². The van der Waals surface area contributed by atoms with Crippen molar-refractivity contribution in [2.75, 3.05) is 19.7 Å². The molecule has 0 aromatic carbocycles. The average Bonchev–Trinajstić information content (AvgIpc) is 2.31. The summed E-state index contributed by atoms with van der Waals surface area (Å²) in [5, 5.41) is 16.0. The highest BCUT2D eigenvalue weighted by molar-refractivity contribution is 5.78. The molecule has 1 saturated carbocycles. The Bertz CT molecular complexity index is 305. The number of carbonyl (C=O) groups excluding carboxylic acids is 1. The lowest BCUT2D eigenvalue weighted by molar-refractivity contribution is -0.121. The van der Waals surface area contributed by atoms with Crippen LogP contribution in [0.5, 0.6) is 0 Å². The largest absolute Gasteiger partial charge is 0.394 e. The normalized spacial score (nSPS) is 30.1. The maximum absolute atomic E-state index is 11.7. The zero-order valence-electron chi connectivity index (χ0n) is 12.9. The van der Waals surface area contributed by atoms with Crippen LogP contribution in [0.1, 0.15) is 53.4 Å². The molecule has 1 aliphatic rings. The first-order chi connectivity index (χ1) is 8.82. The standard InChI is InChI=1S/C15H30N2O2/c1-5-6-16-13(19)9-17-15(11-18)8-12(2)7-14(3,4)10-15/h12,17-18H,5-11H2,1-4H3,(H,16,19). The van der Waals surface area contributed by atoms with Gasteiger partial charge in [0.25, 0.3) is 0 Å². The van der Waals surface area contributed by atoms with Crippen molar-refractivity contribution >= 4 is 5.91 Å². The zero-order valence-corrected chi connectivity index (χ0v) is 12.9. The van der Waals surface area contributed by atoms with Crippen LogP contribution in [-0.2, 0) is 4.79 Å². The van der Waals surface area contributed by atoms with Crippen molar-refractivity contribution in [3.8, 4) is 0 Å². The van der Waals surface area contributed by atoms with Crippen molar-refractivity contribution in [1.29, 1.82) is 0 Å². The summed E-state index contributed by atoms with van der Waals surface area (Å²) in [5.74, 6) is 0.591. The van der Waals surface area contributed by atoms with Gasteiger partial charge in [-0.15, -0.1) is 0 Å². The monoisotopic (exact) mass is 270 g/mol. The Morgan fingerprint density at radius 3 is 2.58 bits per heavy atom. The second-order valence-corrected chi connectivity index (χ2v) is 7.00. The topological polar surface area (TPSA) is 61.4 Å². The molecule has 0 heterocycles. The van der Waals surface area contributed by atoms with E-state index in [1.54, 1.807) is 0 Å². The Morgan fingerprint density at radius 2 is 2.05 bits per heavy atom. The molecule has 0 saturated heterocycles. The van der Waals surface area contributed by atoms with Gasteiger partial charge in [-0.3, -0.25) is 4.79 Å². The Morgan fingerprint density at radius 1 is 1.37 bits per heavy atom. The van der Waals surface area contributed by atoms with Gasteiger partial charge in [-0.05, 0) is 37.0 Å². The fraction of sp³-hybridized carbons (Fsp3) is 0.933. The molecule has 0 aromatic heterocycles. The van der Waals surface area contributed by atoms with Crippen molar-refractivity contribution in [3.63, 3.8) is 0 Å². The number of nitrogens with one attached hydrogen (secondary N) is 2. The summed E-state index contributed by atoms with van der Waals surface area (Å²) in [4.78, 5) is 11.7. The van der Waals surface area contributed by atoms with Crippen LogP contribution >= 0.6 is 0 Å². The minimum Gasteiger partial charge on any atom is -0.394 e. The Labute approximate surface area is 117 Å². The number of hydrogen-bond donors (Lipinski definition) is 3. The van der Waals surface area contributed by atoms with Gasteiger partial charge in [0.15, 0.2) is 0 Å². The second-order valence-electron chi connectivity index (χ2n) is 7.00. The number of carbonyl (C=O) groups is 1. The van der Waals surface area contributed by atoms with Gasteiger partial charge in [0.05, 0.1) is 13.2 Å². The van der Waals surface area contributed by atoms with Gasteiger partial charge in [0.1, 0.15) is 0 Å². The molecule has 0 radical (unpaired) electrons. The molecule has 1 rings (SSSR count). The Hall–Kier alpha value is -0.610. The fourth-order valence-corrected chi connectivity index (χ4v) is 3.65. The molecule has 0 aliphatic heterocycles. The molecular formula is C15H30N2O2. The van der Waals surface area contributed by atoms with Crippen molar-refractivity contribution in [3.05, 3.63) is 0 Å². The molecule has 2 atom stereocenters. The molecule has 4 nitrogen and oxygen atoms in total. The molecule has 2 unspecified atom stereocenters. The number of amides is 1. The van der Waals surface area contributed by atoms with Gasteiger partial charge >= 0.3 is 0 Å². The summed E-state index contributed by atoms with van der Waals surface area (Å²) in [6, 6.07) is 0. The molecule has 1 fully saturated rings. The first kappa shape index (κ1) is 16.4. The zero-order chi connectivity index (χ0) is 14.5. The molecular weight excluding hydrogens is 240 g/mol. The fourth-order valence-electron chi connectivity index (χ4n) is 3.65. The molecule has 0 aromatic rings. The summed E-state index contributed by atoms with van der Waals surface area (Å²) in [7, 11) is 0.